The quantitative estimate of drug-likeness (QED) is 0.525. The topological polar surface area (TPSA) is 58.6 Å². The van der Waals surface area contributed by atoms with Gasteiger partial charge in [-0.2, -0.15) is 0 Å². The number of rotatable bonds is 9. The molecular formula is C26H27ClN2O3. The molecule has 0 aliphatic carbocycles. The molecule has 1 atom stereocenters. The van der Waals surface area contributed by atoms with Crippen LogP contribution >= 0.6 is 11.6 Å². The Hall–Kier alpha value is -3.31. The standard InChI is InChI=1S/C26H27ClN2O3/c1-19-12-14-22(15-13-19)32-18-25(30)29(17-21-10-6-7-11-23(21)27)24(26(31)28-2)16-20-8-4-3-5-9-20/h3-15,24H,16-18H2,1-2H3,(H,28,31). The van der Waals surface area contributed by atoms with Crippen LogP contribution in [-0.4, -0.2) is 36.4 Å². The van der Waals surface area contributed by atoms with E-state index in [1.165, 1.54) is 0 Å². The summed E-state index contributed by atoms with van der Waals surface area (Å²) in [4.78, 5) is 27.7. The van der Waals surface area contributed by atoms with Gasteiger partial charge in [0.05, 0.1) is 0 Å². The van der Waals surface area contributed by atoms with Crippen molar-refractivity contribution in [3.63, 3.8) is 0 Å². The Labute approximate surface area is 194 Å². The van der Waals surface area contributed by atoms with Gasteiger partial charge < -0.3 is 15.0 Å². The summed E-state index contributed by atoms with van der Waals surface area (Å²) in [6.07, 6.45) is 0.376. The molecule has 3 aromatic carbocycles. The first-order valence-electron chi connectivity index (χ1n) is 10.5. The van der Waals surface area contributed by atoms with Crippen molar-refractivity contribution >= 4 is 23.4 Å². The van der Waals surface area contributed by atoms with E-state index in [-0.39, 0.29) is 25.0 Å². The zero-order chi connectivity index (χ0) is 22.9. The molecular weight excluding hydrogens is 424 g/mol. The maximum Gasteiger partial charge on any atom is 0.261 e. The fourth-order valence-corrected chi connectivity index (χ4v) is 3.59. The van der Waals surface area contributed by atoms with Crippen LogP contribution < -0.4 is 10.1 Å². The predicted octanol–water partition coefficient (Wildman–Crippen LogP) is 4.41. The highest BCUT2D eigenvalue weighted by atomic mass is 35.5. The van der Waals surface area contributed by atoms with Gasteiger partial charge in [-0.15, -0.1) is 0 Å². The van der Waals surface area contributed by atoms with Crippen LogP contribution in [0, 0.1) is 6.92 Å². The smallest absolute Gasteiger partial charge is 0.261 e. The molecule has 0 aliphatic heterocycles. The van der Waals surface area contributed by atoms with Gasteiger partial charge >= 0.3 is 0 Å². The third kappa shape index (κ3) is 6.34. The van der Waals surface area contributed by atoms with Gasteiger partial charge in [0.25, 0.3) is 5.91 Å². The zero-order valence-electron chi connectivity index (χ0n) is 18.3. The Balaban J connectivity index is 1.87. The lowest BCUT2D eigenvalue weighted by Crippen LogP contribution is -2.51. The van der Waals surface area contributed by atoms with E-state index in [2.05, 4.69) is 5.32 Å². The van der Waals surface area contributed by atoms with Gasteiger partial charge in [0.1, 0.15) is 11.8 Å². The van der Waals surface area contributed by atoms with Crippen molar-refractivity contribution < 1.29 is 14.3 Å². The van der Waals surface area contributed by atoms with Gasteiger partial charge in [-0.1, -0.05) is 77.8 Å². The van der Waals surface area contributed by atoms with E-state index in [1.807, 2.05) is 79.7 Å². The van der Waals surface area contributed by atoms with Gasteiger partial charge in [0.2, 0.25) is 5.91 Å². The maximum atomic E-state index is 13.3. The highest BCUT2D eigenvalue weighted by Gasteiger charge is 2.30. The fourth-order valence-electron chi connectivity index (χ4n) is 3.39. The molecule has 32 heavy (non-hydrogen) atoms. The Morgan fingerprint density at radius 2 is 1.62 bits per heavy atom. The minimum atomic E-state index is -0.715. The van der Waals surface area contributed by atoms with Crippen LogP contribution in [0.2, 0.25) is 5.02 Å². The van der Waals surface area contributed by atoms with Crippen LogP contribution in [0.1, 0.15) is 16.7 Å². The number of ether oxygens (including phenoxy) is 1. The summed E-state index contributed by atoms with van der Waals surface area (Å²) in [7, 11) is 1.57. The number of halogens is 1. The number of aryl methyl sites for hydroxylation is 1. The number of carbonyl (C=O) groups is 2. The van der Waals surface area contributed by atoms with Crippen molar-refractivity contribution in [2.24, 2.45) is 0 Å². The highest BCUT2D eigenvalue weighted by molar-refractivity contribution is 6.31. The third-order valence-electron chi connectivity index (χ3n) is 5.20. The van der Waals surface area contributed by atoms with Crippen molar-refractivity contribution in [3.8, 4) is 5.75 Å². The maximum absolute atomic E-state index is 13.3. The number of amides is 2. The molecule has 0 aliphatic rings. The first kappa shape index (κ1) is 23.4. The SMILES string of the molecule is CNC(=O)C(Cc1ccccc1)N(Cc1ccccc1Cl)C(=O)COc1ccc(C)cc1. The van der Waals surface area contributed by atoms with Crippen LogP contribution in [0.15, 0.2) is 78.9 Å². The van der Waals surface area contributed by atoms with Crippen LogP contribution in [-0.2, 0) is 22.6 Å². The molecule has 2 amide bonds. The molecule has 0 saturated carbocycles. The van der Waals surface area contributed by atoms with E-state index < -0.39 is 6.04 Å². The van der Waals surface area contributed by atoms with E-state index in [0.717, 1.165) is 16.7 Å². The molecule has 0 aromatic heterocycles. The molecule has 3 rings (SSSR count). The molecule has 5 nitrogen and oxygen atoms in total. The summed E-state index contributed by atoms with van der Waals surface area (Å²) in [6, 6.07) is 23.7. The monoisotopic (exact) mass is 450 g/mol. The van der Waals surface area contributed by atoms with Crippen LogP contribution in [0.3, 0.4) is 0 Å². The van der Waals surface area contributed by atoms with Crippen molar-refractivity contribution in [1.82, 2.24) is 10.2 Å². The lowest BCUT2D eigenvalue weighted by molar-refractivity contribution is -0.142. The lowest BCUT2D eigenvalue weighted by atomic mass is 10.0. The minimum Gasteiger partial charge on any atom is -0.484 e. The third-order valence-corrected chi connectivity index (χ3v) is 5.57. The Bertz CT molecular complexity index is 1040. The fraction of sp³-hybridized carbons (Fsp3) is 0.231. The van der Waals surface area contributed by atoms with E-state index in [0.29, 0.717) is 17.2 Å². The van der Waals surface area contributed by atoms with Gasteiger partial charge in [0, 0.05) is 25.0 Å². The largest absolute Gasteiger partial charge is 0.484 e. The molecule has 3 aromatic rings. The average molecular weight is 451 g/mol. The van der Waals surface area contributed by atoms with E-state index in [4.69, 9.17) is 16.3 Å². The number of nitrogens with one attached hydrogen (secondary N) is 1. The normalized spacial score (nSPS) is 11.5. The summed E-state index contributed by atoms with van der Waals surface area (Å²) in [6.45, 7) is 1.99. The molecule has 0 saturated heterocycles. The molecule has 0 spiro atoms. The van der Waals surface area contributed by atoms with Gasteiger partial charge in [-0.25, -0.2) is 0 Å². The molecule has 1 unspecified atom stereocenters. The molecule has 0 bridgehead atoms. The molecule has 166 valence electrons. The van der Waals surface area contributed by atoms with Crippen molar-refractivity contribution in [2.75, 3.05) is 13.7 Å². The van der Waals surface area contributed by atoms with Crippen molar-refractivity contribution in [2.45, 2.75) is 25.9 Å². The summed E-state index contributed by atoms with van der Waals surface area (Å²) in [5.41, 5.74) is 2.82. The average Bonchev–Trinajstić information content (AvgIpc) is 2.82. The molecule has 0 fully saturated rings. The summed E-state index contributed by atoms with van der Waals surface area (Å²) < 4.78 is 5.73. The number of hydrogen-bond donors (Lipinski definition) is 1. The number of nitrogens with zero attached hydrogens (tertiary/aromatic N) is 1. The molecule has 0 heterocycles. The second kappa shape index (κ2) is 11.3. The lowest BCUT2D eigenvalue weighted by Gasteiger charge is -2.31. The Morgan fingerprint density at radius 1 is 0.969 bits per heavy atom. The van der Waals surface area contributed by atoms with Crippen molar-refractivity contribution in [1.29, 1.82) is 0 Å². The Kier molecular flexibility index (Phi) is 8.28. The van der Waals surface area contributed by atoms with E-state index in [1.54, 1.807) is 18.0 Å². The first-order valence-corrected chi connectivity index (χ1v) is 10.8. The summed E-state index contributed by atoms with van der Waals surface area (Å²) in [5, 5.41) is 3.24. The van der Waals surface area contributed by atoms with Gasteiger partial charge in [-0.3, -0.25) is 9.59 Å². The number of likely N-dealkylation sites (N-methyl/N-ethyl adjacent to an activating group) is 1. The second-order valence-corrected chi connectivity index (χ2v) is 7.94. The number of carbonyl (C=O) groups excluding carboxylic acids is 2. The predicted molar refractivity (Wildman–Crippen MR) is 127 cm³/mol. The van der Waals surface area contributed by atoms with Crippen molar-refractivity contribution in [3.05, 3.63) is 101 Å². The summed E-state index contributed by atoms with van der Waals surface area (Å²) in [5.74, 6) is 0.0563. The van der Waals surface area contributed by atoms with E-state index >= 15 is 0 Å². The van der Waals surface area contributed by atoms with E-state index in [9.17, 15) is 9.59 Å². The summed E-state index contributed by atoms with van der Waals surface area (Å²) >= 11 is 6.37. The molecule has 6 heteroatoms. The Morgan fingerprint density at radius 3 is 2.28 bits per heavy atom. The van der Waals surface area contributed by atoms with Crippen LogP contribution in [0.25, 0.3) is 0 Å². The first-order chi connectivity index (χ1) is 15.5. The van der Waals surface area contributed by atoms with Crippen LogP contribution in [0.5, 0.6) is 5.75 Å². The zero-order valence-corrected chi connectivity index (χ0v) is 19.0. The molecule has 1 N–H and O–H groups in total. The number of hydrogen-bond acceptors (Lipinski definition) is 3. The van der Waals surface area contributed by atoms with Gasteiger partial charge in [-0.05, 0) is 36.2 Å². The van der Waals surface area contributed by atoms with Crippen LogP contribution in [0.4, 0.5) is 0 Å². The van der Waals surface area contributed by atoms with Gasteiger partial charge in [0.15, 0.2) is 6.61 Å². The highest BCUT2D eigenvalue weighted by Crippen LogP contribution is 2.21. The number of benzene rings is 3. The molecule has 0 radical (unpaired) electrons. The second-order valence-electron chi connectivity index (χ2n) is 7.53. The minimum absolute atomic E-state index is 0.185.